The van der Waals surface area contributed by atoms with E-state index in [1.54, 1.807) is 14.0 Å². The van der Waals surface area contributed by atoms with Crippen LogP contribution in [0.15, 0.2) is 29.3 Å². The van der Waals surface area contributed by atoms with Crippen molar-refractivity contribution in [2.45, 2.75) is 17.9 Å². The molecule has 1 N–H and O–H groups in total. The second kappa shape index (κ2) is 6.66. The fraction of sp³-hybridized carbons (Fsp3) is 0.438. The van der Waals surface area contributed by atoms with Crippen LogP contribution in [-0.2, 0) is 17.1 Å². The Morgan fingerprint density at radius 1 is 1.32 bits per heavy atom. The molecule has 0 amide bonds. The Morgan fingerprint density at radius 3 is 2.68 bits per heavy atom. The van der Waals surface area contributed by atoms with E-state index >= 15 is 0 Å². The SMILES string of the molecule is Cc1nn(C)cc1S(=O)(=O)NC[C@@H](c1ccc2c(c1)OCO2)N(C)C. The summed E-state index contributed by atoms with van der Waals surface area (Å²) in [6.07, 6.45) is 1.50. The number of sulfonamides is 1. The quantitative estimate of drug-likeness (QED) is 0.822. The minimum absolute atomic E-state index is 0.152. The Kier molecular flexibility index (Phi) is 4.72. The molecule has 3 rings (SSSR count). The Morgan fingerprint density at radius 2 is 2.04 bits per heavy atom. The first kappa shape index (κ1) is 17.7. The van der Waals surface area contributed by atoms with E-state index < -0.39 is 10.0 Å². The molecule has 1 aromatic heterocycles. The van der Waals surface area contributed by atoms with Crippen LogP contribution in [0.25, 0.3) is 0 Å². The second-order valence-corrected chi connectivity index (χ2v) is 7.93. The molecule has 136 valence electrons. The fourth-order valence-electron chi connectivity index (χ4n) is 2.83. The zero-order valence-electron chi connectivity index (χ0n) is 14.7. The molecule has 0 fully saturated rings. The number of nitrogens with one attached hydrogen (secondary N) is 1. The zero-order chi connectivity index (χ0) is 18.2. The Labute approximate surface area is 147 Å². The third kappa shape index (κ3) is 3.63. The highest BCUT2D eigenvalue weighted by atomic mass is 32.2. The molecular weight excluding hydrogens is 344 g/mol. The lowest BCUT2D eigenvalue weighted by Crippen LogP contribution is -2.34. The van der Waals surface area contributed by atoms with Crippen molar-refractivity contribution in [3.05, 3.63) is 35.7 Å². The van der Waals surface area contributed by atoms with Crippen LogP contribution in [0.3, 0.4) is 0 Å². The van der Waals surface area contributed by atoms with Crippen molar-refractivity contribution in [3.8, 4) is 11.5 Å². The largest absolute Gasteiger partial charge is 0.454 e. The summed E-state index contributed by atoms with van der Waals surface area (Å²) in [6.45, 7) is 2.11. The van der Waals surface area contributed by atoms with E-state index in [2.05, 4.69) is 9.82 Å². The van der Waals surface area contributed by atoms with E-state index in [0.717, 1.165) is 5.56 Å². The molecule has 25 heavy (non-hydrogen) atoms. The maximum absolute atomic E-state index is 12.6. The van der Waals surface area contributed by atoms with Gasteiger partial charge < -0.3 is 14.4 Å². The monoisotopic (exact) mass is 366 g/mol. The molecule has 0 spiro atoms. The van der Waals surface area contributed by atoms with Crippen molar-refractivity contribution in [1.82, 2.24) is 19.4 Å². The number of nitrogens with zero attached hydrogens (tertiary/aromatic N) is 3. The summed E-state index contributed by atoms with van der Waals surface area (Å²) in [4.78, 5) is 2.15. The van der Waals surface area contributed by atoms with Crippen LogP contribution in [0.2, 0.25) is 0 Å². The predicted molar refractivity (Wildman–Crippen MR) is 92.1 cm³/mol. The van der Waals surface area contributed by atoms with E-state index in [4.69, 9.17) is 9.47 Å². The number of likely N-dealkylation sites (N-methyl/N-ethyl adjacent to an activating group) is 1. The van der Waals surface area contributed by atoms with Crippen LogP contribution in [0.5, 0.6) is 11.5 Å². The zero-order valence-corrected chi connectivity index (χ0v) is 15.5. The second-order valence-electron chi connectivity index (χ2n) is 6.20. The molecule has 1 aliphatic rings. The molecule has 0 saturated heterocycles. The normalized spacial score (nSPS) is 14.9. The Hall–Kier alpha value is -2.10. The molecule has 1 aromatic carbocycles. The molecule has 2 heterocycles. The first-order chi connectivity index (χ1) is 11.8. The molecule has 2 aromatic rings. The van der Waals surface area contributed by atoms with Crippen molar-refractivity contribution in [2.24, 2.45) is 7.05 Å². The summed E-state index contributed by atoms with van der Waals surface area (Å²) in [6, 6.07) is 5.49. The van der Waals surface area contributed by atoms with Gasteiger partial charge in [-0.1, -0.05) is 6.07 Å². The fourth-order valence-corrected chi connectivity index (χ4v) is 4.08. The van der Waals surface area contributed by atoms with Crippen molar-refractivity contribution < 1.29 is 17.9 Å². The molecule has 0 aliphatic carbocycles. The summed E-state index contributed by atoms with van der Waals surface area (Å²) >= 11 is 0. The predicted octanol–water partition coefficient (Wildman–Crippen LogP) is 1.04. The van der Waals surface area contributed by atoms with Gasteiger partial charge in [0.05, 0.1) is 5.69 Å². The summed E-state index contributed by atoms with van der Waals surface area (Å²) in [5.41, 5.74) is 1.42. The van der Waals surface area contributed by atoms with Crippen LogP contribution in [-0.4, -0.2) is 50.5 Å². The molecule has 0 radical (unpaired) electrons. The summed E-state index contributed by atoms with van der Waals surface area (Å²) < 4.78 is 40.1. The third-order valence-electron chi connectivity index (χ3n) is 4.13. The van der Waals surface area contributed by atoms with E-state index in [0.29, 0.717) is 17.2 Å². The van der Waals surface area contributed by atoms with Crippen LogP contribution < -0.4 is 14.2 Å². The number of benzene rings is 1. The molecular formula is C16H22N4O4S. The van der Waals surface area contributed by atoms with Gasteiger partial charge in [-0.3, -0.25) is 4.68 Å². The number of hydrogen-bond acceptors (Lipinski definition) is 6. The summed E-state index contributed by atoms with van der Waals surface area (Å²) in [5.74, 6) is 1.38. The van der Waals surface area contributed by atoms with Gasteiger partial charge in [0.2, 0.25) is 16.8 Å². The van der Waals surface area contributed by atoms with Gasteiger partial charge in [0.25, 0.3) is 0 Å². The van der Waals surface area contributed by atoms with Gasteiger partial charge in [-0.2, -0.15) is 5.10 Å². The molecule has 0 unspecified atom stereocenters. The number of aromatic nitrogens is 2. The van der Waals surface area contributed by atoms with E-state index in [-0.39, 0.29) is 24.3 Å². The van der Waals surface area contributed by atoms with Crippen molar-refractivity contribution in [2.75, 3.05) is 27.4 Å². The molecule has 1 atom stereocenters. The van der Waals surface area contributed by atoms with E-state index in [1.165, 1.54) is 10.9 Å². The van der Waals surface area contributed by atoms with Crippen LogP contribution in [0, 0.1) is 6.92 Å². The lowest BCUT2D eigenvalue weighted by molar-refractivity contribution is 0.174. The molecule has 0 bridgehead atoms. The third-order valence-corrected chi connectivity index (χ3v) is 5.66. The number of aryl methyl sites for hydroxylation is 2. The lowest BCUT2D eigenvalue weighted by atomic mass is 10.1. The average molecular weight is 366 g/mol. The minimum atomic E-state index is -3.63. The van der Waals surface area contributed by atoms with Crippen molar-refractivity contribution in [1.29, 1.82) is 0 Å². The Bertz CT molecular complexity index is 876. The number of hydrogen-bond donors (Lipinski definition) is 1. The van der Waals surface area contributed by atoms with E-state index in [9.17, 15) is 8.42 Å². The minimum Gasteiger partial charge on any atom is -0.454 e. The average Bonchev–Trinajstić information content (AvgIpc) is 3.12. The van der Waals surface area contributed by atoms with Gasteiger partial charge >= 0.3 is 0 Å². The topological polar surface area (TPSA) is 85.7 Å². The van der Waals surface area contributed by atoms with Gasteiger partial charge in [0, 0.05) is 25.8 Å². The van der Waals surface area contributed by atoms with Crippen LogP contribution in [0.4, 0.5) is 0 Å². The first-order valence-corrected chi connectivity index (χ1v) is 9.32. The summed E-state index contributed by atoms with van der Waals surface area (Å²) in [7, 11) is 1.86. The maximum atomic E-state index is 12.6. The molecule has 1 aliphatic heterocycles. The van der Waals surface area contributed by atoms with Gasteiger partial charge in [0.1, 0.15) is 4.90 Å². The lowest BCUT2D eigenvalue weighted by Gasteiger charge is -2.25. The van der Waals surface area contributed by atoms with Crippen LogP contribution >= 0.6 is 0 Å². The van der Waals surface area contributed by atoms with E-state index in [1.807, 2.05) is 37.2 Å². The van der Waals surface area contributed by atoms with Crippen molar-refractivity contribution >= 4 is 10.0 Å². The van der Waals surface area contributed by atoms with Gasteiger partial charge in [0.15, 0.2) is 11.5 Å². The highest BCUT2D eigenvalue weighted by Crippen LogP contribution is 2.35. The Balaban J connectivity index is 1.80. The van der Waals surface area contributed by atoms with Gasteiger partial charge in [-0.15, -0.1) is 0 Å². The number of ether oxygens (including phenoxy) is 2. The van der Waals surface area contributed by atoms with Gasteiger partial charge in [-0.05, 0) is 38.7 Å². The number of fused-ring (bicyclic) bond motifs is 1. The van der Waals surface area contributed by atoms with Crippen LogP contribution in [0.1, 0.15) is 17.3 Å². The molecule has 0 saturated carbocycles. The van der Waals surface area contributed by atoms with Crippen molar-refractivity contribution in [3.63, 3.8) is 0 Å². The highest BCUT2D eigenvalue weighted by Gasteiger charge is 2.24. The maximum Gasteiger partial charge on any atom is 0.244 e. The molecule has 8 nitrogen and oxygen atoms in total. The standard InChI is InChI=1S/C16H22N4O4S/c1-11-16(9-20(4)18-11)25(21,22)17-8-13(19(2)3)12-5-6-14-15(7-12)24-10-23-14/h5-7,9,13,17H,8,10H2,1-4H3/t13-/m0/s1. The van der Waals surface area contributed by atoms with Gasteiger partial charge in [-0.25, -0.2) is 13.1 Å². The first-order valence-electron chi connectivity index (χ1n) is 7.84. The highest BCUT2D eigenvalue weighted by molar-refractivity contribution is 7.89. The molecule has 9 heteroatoms. The smallest absolute Gasteiger partial charge is 0.244 e. The summed E-state index contributed by atoms with van der Waals surface area (Å²) in [5, 5.41) is 4.09. The number of rotatable bonds is 6.